The number of benzene rings is 1. The monoisotopic (exact) mass is 465 g/mol. The Morgan fingerprint density at radius 2 is 2.08 bits per heavy atom. The average molecular weight is 465 g/mol. The van der Waals surface area contributed by atoms with E-state index in [1.54, 1.807) is 0 Å². The molecule has 1 aromatic heterocycles. The molecule has 1 saturated heterocycles. The van der Waals surface area contributed by atoms with Gasteiger partial charge in [-0.15, -0.1) is 24.0 Å². The molecular weight excluding hydrogens is 437 g/mol. The van der Waals surface area contributed by atoms with Gasteiger partial charge in [0.25, 0.3) is 0 Å². The zero-order chi connectivity index (χ0) is 17.2. The van der Waals surface area contributed by atoms with Crippen LogP contribution in [0.4, 0.5) is 0 Å². The molecule has 0 amide bonds. The molecule has 6 heteroatoms. The molecule has 0 bridgehead atoms. The first-order chi connectivity index (χ1) is 12.2. The summed E-state index contributed by atoms with van der Waals surface area (Å²) >= 11 is 0. The predicted octanol–water partition coefficient (Wildman–Crippen LogP) is 3.21. The topological polar surface area (TPSA) is 45.5 Å². The first kappa shape index (κ1) is 19.2. The van der Waals surface area contributed by atoms with Crippen LogP contribution in [0.25, 0.3) is 0 Å². The minimum atomic E-state index is 0. The molecule has 26 heavy (non-hydrogen) atoms. The van der Waals surface area contributed by atoms with Crippen molar-refractivity contribution in [2.75, 3.05) is 26.7 Å². The van der Waals surface area contributed by atoms with Crippen molar-refractivity contribution in [2.24, 2.45) is 18.0 Å². The lowest BCUT2D eigenvalue weighted by atomic mass is 10.0. The number of likely N-dealkylation sites (tertiary alicyclic amines) is 1. The van der Waals surface area contributed by atoms with Crippen LogP contribution >= 0.6 is 24.0 Å². The van der Waals surface area contributed by atoms with E-state index in [1.807, 2.05) is 25.0 Å². The number of aryl methyl sites for hydroxylation is 1. The van der Waals surface area contributed by atoms with Crippen LogP contribution in [0.1, 0.15) is 35.8 Å². The van der Waals surface area contributed by atoms with Crippen molar-refractivity contribution in [3.05, 3.63) is 53.9 Å². The van der Waals surface area contributed by atoms with E-state index >= 15 is 0 Å². The molecule has 2 heterocycles. The van der Waals surface area contributed by atoms with Crippen LogP contribution in [0, 0.1) is 5.92 Å². The van der Waals surface area contributed by atoms with Gasteiger partial charge in [-0.25, -0.2) is 0 Å². The number of halogens is 1. The van der Waals surface area contributed by atoms with Gasteiger partial charge in [0.2, 0.25) is 0 Å². The summed E-state index contributed by atoms with van der Waals surface area (Å²) in [5, 5.41) is 7.91. The summed E-state index contributed by atoms with van der Waals surface area (Å²) in [6.45, 7) is 3.10. The van der Waals surface area contributed by atoms with Gasteiger partial charge in [0.1, 0.15) is 0 Å². The van der Waals surface area contributed by atoms with E-state index in [0.29, 0.717) is 11.8 Å². The lowest BCUT2D eigenvalue weighted by molar-refractivity contribution is 0.483. The molecule has 2 fully saturated rings. The summed E-state index contributed by atoms with van der Waals surface area (Å²) in [6, 6.07) is 10.9. The Labute approximate surface area is 172 Å². The quantitative estimate of drug-likeness (QED) is 0.429. The molecule has 2 aliphatic rings. The fraction of sp³-hybridized carbons (Fsp3) is 0.500. The highest BCUT2D eigenvalue weighted by molar-refractivity contribution is 14.0. The van der Waals surface area contributed by atoms with Crippen molar-refractivity contribution >= 4 is 29.9 Å². The Hall–Kier alpha value is -1.57. The van der Waals surface area contributed by atoms with E-state index in [-0.39, 0.29) is 24.0 Å². The van der Waals surface area contributed by atoms with Gasteiger partial charge in [-0.1, -0.05) is 30.3 Å². The van der Waals surface area contributed by atoms with Crippen molar-refractivity contribution in [3.8, 4) is 0 Å². The van der Waals surface area contributed by atoms with Crippen LogP contribution in [-0.2, 0) is 7.05 Å². The van der Waals surface area contributed by atoms with Crippen molar-refractivity contribution in [3.63, 3.8) is 0 Å². The molecule has 1 aliphatic heterocycles. The Kier molecular flexibility index (Phi) is 6.21. The number of guanidine groups is 1. The molecule has 4 rings (SSSR count). The van der Waals surface area contributed by atoms with Crippen molar-refractivity contribution < 1.29 is 0 Å². The number of nitrogens with one attached hydrogen (secondary N) is 1. The summed E-state index contributed by atoms with van der Waals surface area (Å²) in [5.41, 5.74) is 2.81. The van der Waals surface area contributed by atoms with Crippen LogP contribution in [0.15, 0.2) is 47.7 Å². The van der Waals surface area contributed by atoms with Gasteiger partial charge in [-0.05, 0) is 35.8 Å². The highest BCUT2D eigenvalue weighted by atomic mass is 127. The van der Waals surface area contributed by atoms with Crippen molar-refractivity contribution in [1.82, 2.24) is 20.0 Å². The van der Waals surface area contributed by atoms with Crippen LogP contribution in [0.5, 0.6) is 0 Å². The summed E-state index contributed by atoms with van der Waals surface area (Å²) in [6.07, 6.45) is 6.59. The van der Waals surface area contributed by atoms with Gasteiger partial charge in [-0.3, -0.25) is 9.67 Å². The van der Waals surface area contributed by atoms with Gasteiger partial charge in [0.15, 0.2) is 5.96 Å². The first-order valence-electron chi connectivity index (χ1n) is 9.23. The minimum absolute atomic E-state index is 0. The molecule has 1 aliphatic carbocycles. The SMILES string of the molecule is CN=C(NCC1CC1c1ccccc1)N1CCC(c2cnn(C)c2)C1.I. The fourth-order valence-corrected chi connectivity index (χ4v) is 4.01. The number of hydrogen-bond donors (Lipinski definition) is 1. The molecule has 1 N–H and O–H groups in total. The van der Waals surface area contributed by atoms with Gasteiger partial charge in [0, 0.05) is 45.8 Å². The number of hydrogen-bond acceptors (Lipinski definition) is 2. The maximum atomic E-state index is 4.51. The summed E-state index contributed by atoms with van der Waals surface area (Å²) in [5.74, 6) is 3.06. The molecule has 0 spiro atoms. The first-order valence-corrected chi connectivity index (χ1v) is 9.23. The van der Waals surface area contributed by atoms with Crippen LogP contribution in [-0.4, -0.2) is 47.3 Å². The molecule has 2 aromatic rings. The van der Waals surface area contributed by atoms with Crippen LogP contribution < -0.4 is 5.32 Å². The second-order valence-corrected chi connectivity index (χ2v) is 7.32. The second-order valence-electron chi connectivity index (χ2n) is 7.32. The van der Waals surface area contributed by atoms with Crippen LogP contribution in [0.3, 0.4) is 0 Å². The normalized spacial score (nSPS) is 25.1. The number of aromatic nitrogens is 2. The zero-order valence-corrected chi connectivity index (χ0v) is 17.8. The Morgan fingerprint density at radius 3 is 2.77 bits per heavy atom. The molecule has 1 aromatic carbocycles. The highest BCUT2D eigenvalue weighted by Crippen LogP contribution is 2.46. The van der Waals surface area contributed by atoms with E-state index in [2.05, 4.69) is 56.8 Å². The van der Waals surface area contributed by atoms with Gasteiger partial charge >= 0.3 is 0 Å². The summed E-state index contributed by atoms with van der Waals surface area (Å²) in [7, 11) is 3.87. The molecular formula is C20H28IN5. The summed E-state index contributed by atoms with van der Waals surface area (Å²) in [4.78, 5) is 6.90. The van der Waals surface area contributed by atoms with E-state index in [0.717, 1.165) is 31.5 Å². The van der Waals surface area contributed by atoms with Gasteiger partial charge in [0.05, 0.1) is 6.20 Å². The Morgan fingerprint density at radius 1 is 1.27 bits per heavy atom. The third-order valence-electron chi connectivity index (χ3n) is 5.57. The lowest BCUT2D eigenvalue weighted by Crippen LogP contribution is -2.40. The molecule has 3 atom stereocenters. The second kappa shape index (κ2) is 8.41. The van der Waals surface area contributed by atoms with E-state index in [1.165, 1.54) is 24.0 Å². The number of rotatable bonds is 4. The standard InChI is InChI=1S/C20H27N5.HI/c1-21-20(22-11-17-10-19(17)15-6-4-3-5-7-15)25-9-8-16(14-25)18-12-23-24(2)13-18;/h3-7,12-13,16-17,19H,8-11,14H2,1-2H3,(H,21,22);1H. The largest absolute Gasteiger partial charge is 0.356 e. The third kappa shape index (κ3) is 4.22. The minimum Gasteiger partial charge on any atom is -0.356 e. The maximum absolute atomic E-state index is 4.51. The van der Waals surface area contributed by atoms with E-state index < -0.39 is 0 Å². The molecule has 5 nitrogen and oxygen atoms in total. The molecule has 3 unspecified atom stereocenters. The van der Waals surface area contributed by atoms with Crippen LogP contribution in [0.2, 0.25) is 0 Å². The Bertz CT molecular complexity index is 742. The van der Waals surface area contributed by atoms with Crippen molar-refractivity contribution in [2.45, 2.75) is 24.7 Å². The number of aliphatic imine (C=N–C) groups is 1. The van der Waals surface area contributed by atoms with E-state index in [4.69, 9.17) is 0 Å². The summed E-state index contributed by atoms with van der Waals surface area (Å²) < 4.78 is 1.89. The van der Waals surface area contributed by atoms with E-state index in [9.17, 15) is 0 Å². The maximum Gasteiger partial charge on any atom is 0.193 e. The van der Waals surface area contributed by atoms with Gasteiger partial charge in [-0.2, -0.15) is 5.10 Å². The third-order valence-corrected chi connectivity index (χ3v) is 5.57. The fourth-order valence-electron chi connectivity index (χ4n) is 4.01. The predicted molar refractivity (Wildman–Crippen MR) is 116 cm³/mol. The smallest absolute Gasteiger partial charge is 0.193 e. The number of nitrogens with zero attached hydrogens (tertiary/aromatic N) is 4. The van der Waals surface area contributed by atoms with Crippen molar-refractivity contribution in [1.29, 1.82) is 0 Å². The molecule has 0 radical (unpaired) electrons. The lowest BCUT2D eigenvalue weighted by Gasteiger charge is -2.21. The molecule has 1 saturated carbocycles. The van der Waals surface area contributed by atoms with Gasteiger partial charge < -0.3 is 10.2 Å². The average Bonchev–Trinajstić information content (AvgIpc) is 3.02. The highest BCUT2D eigenvalue weighted by Gasteiger charge is 2.38. The Balaban J connectivity index is 0.00000196. The molecule has 140 valence electrons. The zero-order valence-electron chi connectivity index (χ0n) is 15.5.